The predicted octanol–water partition coefficient (Wildman–Crippen LogP) is 3.87. The third-order valence-electron chi connectivity index (χ3n) is 6.29. The van der Waals surface area contributed by atoms with E-state index in [0.717, 1.165) is 33.9 Å². The quantitative estimate of drug-likeness (QED) is 0.561. The third kappa shape index (κ3) is 4.62. The lowest BCUT2D eigenvalue weighted by Gasteiger charge is -2.32. The molecule has 1 amide bonds. The Morgan fingerprint density at radius 1 is 1.21 bits per heavy atom. The summed E-state index contributed by atoms with van der Waals surface area (Å²) >= 11 is 0. The summed E-state index contributed by atoms with van der Waals surface area (Å²) in [5, 5.41) is 5.24. The number of benzene rings is 1. The van der Waals surface area contributed by atoms with Gasteiger partial charge in [0.15, 0.2) is 17.2 Å². The van der Waals surface area contributed by atoms with E-state index < -0.39 is 11.6 Å². The van der Waals surface area contributed by atoms with Crippen molar-refractivity contribution in [3.63, 3.8) is 0 Å². The fourth-order valence-electron chi connectivity index (χ4n) is 4.47. The van der Waals surface area contributed by atoms with Crippen LogP contribution in [0.5, 0.6) is 11.6 Å². The van der Waals surface area contributed by atoms with E-state index in [1.807, 2.05) is 25.8 Å². The van der Waals surface area contributed by atoms with Crippen molar-refractivity contribution >= 4 is 16.9 Å². The maximum Gasteiger partial charge on any atom is 0.242 e. The molecular weight excluding hydrogens is 430 g/mol. The maximum atomic E-state index is 13.8. The van der Waals surface area contributed by atoms with Crippen molar-refractivity contribution in [2.24, 2.45) is 7.05 Å². The molecule has 1 saturated heterocycles. The third-order valence-corrected chi connectivity index (χ3v) is 6.29. The van der Waals surface area contributed by atoms with E-state index >= 15 is 0 Å². The molecule has 3 heterocycles. The number of carbonyl (C=O) groups excluding carboxylic acids is 1. The molecule has 0 bridgehead atoms. The normalized spacial score (nSPS) is 14.7. The van der Waals surface area contributed by atoms with Crippen molar-refractivity contribution in [2.45, 2.75) is 45.6 Å². The number of carbonyl (C=O) groups is 1. The molecule has 176 valence electrons. The zero-order valence-corrected chi connectivity index (χ0v) is 19.3. The Kier molecular flexibility index (Phi) is 6.49. The average molecular weight is 459 g/mol. The van der Waals surface area contributed by atoms with Gasteiger partial charge in [0.2, 0.25) is 11.8 Å². The molecule has 2 aromatic heterocycles. The van der Waals surface area contributed by atoms with Crippen molar-refractivity contribution < 1.29 is 23.0 Å². The first-order valence-electron chi connectivity index (χ1n) is 11.0. The number of pyridine rings is 1. The number of aryl methyl sites for hydroxylation is 3. The second-order valence-corrected chi connectivity index (χ2v) is 8.40. The van der Waals surface area contributed by atoms with Crippen molar-refractivity contribution in [1.29, 1.82) is 0 Å². The van der Waals surface area contributed by atoms with Crippen LogP contribution in [-0.4, -0.2) is 51.9 Å². The molecule has 7 nitrogen and oxygen atoms in total. The summed E-state index contributed by atoms with van der Waals surface area (Å²) in [6.07, 6.45) is 1.94. The standard InChI is InChI=1S/C24H28F2N4O3/c1-14-18(15(2)27-23-22(14)24(32-4)28-29(23)3)6-8-21(31)30-11-9-17(10-12-30)33-20-7-5-16(25)13-19(20)26/h5,7,13,17H,6,8-12H2,1-4H3. The molecule has 9 heteroatoms. The first-order valence-corrected chi connectivity index (χ1v) is 11.0. The second-order valence-electron chi connectivity index (χ2n) is 8.40. The molecule has 1 fully saturated rings. The maximum absolute atomic E-state index is 13.8. The van der Waals surface area contributed by atoms with Crippen molar-refractivity contribution in [3.05, 3.63) is 46.7 Å². The van der Waals surface area contributed by atoms with Gasteiger partial charge in [-0.05, 0) is 43.5 Å². The molecule has 3 aromatic rings. The molecule has 0 saturated carbocycles. The summed E-state index contributed by atoms with van der Waals surface area (Å²) in [5.41, 5.74) is 3.71. The number of fused-ring (bicyclic) bond motifs is 1. The Balaban J connectivity index is 1.37. The smallest absolute Gasteiger partial charge is 0.242 e. The molecule has 33 heavy (non-hydrogen) atoms. The lowest BCUT2D eigenvalue weighted by atomic mass is 9.99. The monoisotopic (exact) mass is 458 g/mol. The summed E-state index contributed by atoms with van der Waals surface area (Å²) in [6, 6.07) is 3.29. The fourth-order valence-corrected chi connectivity index (χ4v) is 4.47. The number of hydrogen-bond donors (Lipinski definition) is 0. The Labute approximate surface area is 191 Å². The van der Waals surface area contributed by atoms with E-state index in [9.17, 15) is 13.6 Å². The summed E-state index contributed by atoms with van der Waals surface area (Å²) in [7, 11) is 3.42. The van der Waals surface area contributed by atoms with Crippen molar-refractivity contribution in [3.8, 4) is 11.6 Å². The number of rotatable bonds is 6. The number of aromatic nitrogens is 3. The molecule has 4 rings (SSSR count). The van der Waals surface area contributed by atoms with Gasteiger partial charge >= 0.3 is 0 Å². The number of hydrogen-bond acceptors (Lipinski definition) is 5. The van der Waals surface area contributed by atoms with E-state index in [1.165, 1.54) is 12.1 Å². The number of amides is 1. The van der Waals surface area contributed by atoms with Crippen LogP contribution in [0.4, 0.5) is 8.78 Å². The van der Waals surface area contributed by atoms with Gasteiger partial charge in [-0.3, -0.25) is 4.79 Å². The SMILES string of the molecule is COc1nn(C)c2nc(C)c(CCC(=O)N3CCC(Oc4ccc(F)cc4F)CC3)c(C)c12. The summed E-state index contributed by atoms with van der Waals surface area (Å²) in [6.45, 7) is 5.04. The zero-order valence-electron chi connectivity index (χ0n) is 19.3. The van der Waals surface area contributed by atoms with Gasteiger partial charge in [-0.25, -0.2) is 18.4 Å². The van der Waals surface area contributed by atoms with Gasteiger partial charge in [0, 0.05) is 51.2 Å². The molecule has 1 aliphatic heterocycles. The Morgan fingerprint density at radius 3 is 2.61 bits per heavy atom. The number of halogens is 2. The van der Waals surface area contributed by atoms with Crippen LogP contribution in [0.25, 0.3) is 11.0 Å². The fraction of sp³-hybridized carbons (Fsp3) is 0.458. The molecule has 0 unspecified atom stereocenters. The molecule has 0 aliphatic carbocycles. The zero-order chi connectivity index (χ0) is 23.7. The summed E-state index contributed by atoms with van der Waals surface area (Å²) in [4.78, 5) is 19.4. The van der Waals surface area contributed by atoms with Gasteiger partial charge in [-0.2, -0.15) is 0 Å². The number of likely N-dealkylation sites (tertiary alicyclic amines) is 1. The van der Waals surface area contributed by atoms with Crippen LogP contribution >= 0.6 is 0 Å². The lowest BCUT2D eigenvalue weighted by molar-refractivity contribution is -0.132. The first kappa shape index (κ1) is 22.9. The molecule has 0 spiro atoms. The number of methoxy groups -OCH3 is 1. The highest BCUT2D eigenvalue weighted by atomic mass is 19.1. The largest absolute Gasteiger partial charge is 0.487 e. The second kappa shape index (κ2) is 9.33. The molecule has 0 atom stereocenters. The van der Waals surface area contributed by atoms with Crippen LogP contribution in [0, 0.1) is 25.5 Å². The van der Waals surface area contributed by atoms with Gasteiger partial charge < -0.3 is 14.4 Å². The van der Waals surface area contributed by atoms with E-state index in [0.29, 0.717) is 44.7 Å². The molecular formula is C24H28F2N4O3. The van der Waals surface area contributed by atoms with Crippen LogP contribution in [0.1, 0.15) is 36.1 Å². The van der Waals surface area contributed by atoms with Crippen LogP contribution in [0.3, 0.4) is 0 Å². The highest BCUT2D eigenvalue weighted by Crippen LogP contribution is 2.31. The van der Waals surface area contributed by atoms with Crippen LogP contribution in [0.2, 0.25) is 0 Å². The van der Waals surface area contributed by atoms with Crippen molar-refractivity contribution in [1.82, 2.24) is 19.7 Å². The van der Waals surface area contributed by atoms with Gasteiger partial charge in [0.1, 0.15) is 11.9 Å². The van der Waals surface area contributed by atoms with E-state index in [4.69, 9.17) is 9.47 Å². The molecule has 0 N–H and O–H groups in total. The molecule has 1 aliphatic rings. The minimum Gasteiger partial charge on any atom is -0.487 e. The lowest BCUT2D eigenvalue weighted by Crippen LogP contribution is -2.42. The van der Waals surface area contributed by atoms with E-state index in [-0.39, 0.29) is 17.8 Å². The number of nitrogens with zero attached hydrogens (tertiary/aromatic N) is 4. The van der Waals surface area contributed by atoms with Crippen LogP contribution < -0.4 is 9.47 Å². The van der Waals surface area contributed by atoms with Crippen molar-refractivity contribution in [2.75, 3.05) is 20.2 Å². The van der Waals surface area contributed by atoms with Gasteiger partial charge in [0.25, 0.3) is 0 Å². The minimum absolute atomic E-state index is 0.0425. The van der Waals surface area contributed by atoms with Gasteiger partial charge in [-0.1, -0.05) is 0 Å². The Hall–Kier alpha value is -3.23. The predicted molar refractivity (Wildman–Crippen MR) is 119 cm³/mol. The van der Waals surface area contributed by atoms with Gasteiger partial charge in [-0.15, -0.1) is 5.10 Å². The Bertz CT molecular complexity index is 1190. The Morgan fingerprint density at radius 2 is 1.94 bits per heavy atom. The number of piperidine rings is 1. The topological polar surface area (TPSA) is 69.5 Å². The van der Waals surface area contributed by atoms with Crippen LogP contribution in [-0.2, 0) is 18.3 Å². The number of ether oxygens (including phenoxy) is 2. The average Bonchev–Trinajstić information content (AvgIpc) is 3.11. The van der Waals surface area contributed by atoms with E-state index in [2.05, 4.69) is 10.1 Å². The highest BCUT2D eigenvalue weighted by molar-refractivity contribution is 5.86. The summed E-state index contributed by atoms with van der Waals surface area (Å²) in [5.74, 6) is -0.707. The summed E-state index contributed by atoms with van der Waals surface area (Å²) < 4.78 is 39.7. The van der Waals surface area contributed by atoms with Crippen LogP contribution in [0.15, 0.2) is 18.2 Å². The highest BCUT2D eigenvalue weighted by Gasteiger charge is 2.25. The first-order chi connectivity index (χ1) is 15.8. The minimum atomic E-state index is -0.713. The molecule has 1 aromatic carbocycles. The molecule has 0 radical (unpaired) electrons. The van der Waals surface area contributed by atoms with Gasteiger partial charge in [0.05, 0.1) is 12.5 Å². The van der Waals surface area contributed by atoms with E-state index in [1.54, 1.807) is 11.8 Å².